The van der Waals surface area contributed by atoms with E-state index in [0.29, 0.717) is 5.75 Å². The predicted octanol–water partition coefficient (Wildman–Crippen LogP) is 4.29. The molecule has 2 aromatic carbocycles. The van der Waals surface area contributed by atoms with Gasteiger partial charge in [0.15, 0.2) is 6.61 Å². The third kappa shape index (κ3) is 4.74. The van der Waals surface area contributed by atoms with E-state index in [0.717, 1.165) is 24.1 Å². The van der Waals surface area contributed by atoms with E-state index in [1.165, 1.54) is 12.1 Å². The highest BCUT2D eigenvalue weighted by Crippen LogP contribution is 2.30. The van der Waals surface area contributed by atoms with Gasteiger partial charge in [-0.05, 0) is 36.2 Å². The Morgan fingerprint density at radius 1 is 1.13 bits per heavy atom. The van der Waals surface area contributed by atoms with Gasteiger partial charge >= 0.3 is 6.18 Å². The number of hydrogen-bond acceptors (Lipinski definition) is 2. The van der Waals surface area contributed by atoms with Crippen molar-refractivity contribution in [2.75, 3.05) is 11.9 Å². The van der Waals surface area contributed by atoms with Crippen LogP contribution in [-0.4, -0.2) is 12.5 Å². The molecule has 0 atom stereocenters. The smallest absolute Gasteiger partial charge is 0.416 e. The van der Waals surface area contributed by atoms with Gasteiger partial charge in [-0.1, -0.05) is 31.2 Å². The summed E-state index contributed by atoms with van der Waals surface area (Å²) in [7, 11) is 0. The van der Waals surface area contributed by atoms with Crippen LogP contribution in [0.15, 0.2) is 48.5 Å². The van der Waals surface area contributed by atoms with E-state index in [2.05, 4.69) is 5.32 Å². The number of ether oxygens (including phenoxy) is 1. The number of para-hydroxylation sites is 1. The third-order valence-electron chi connectivity index (χ3n) is 3.19. The highest BCUT2D eigenvalue weighted by Gasteiger charge is 2.30. The maximum absolute atomic E-state index is 12.6. The molecular formula is C17H16F3NO2. The number of carbonyl (C=O) groups excluding carboxylic acids is 1. The molecule has 3 nitrogen and oxygen atoms in total. The summed E-state index contributed by atoms with van der Waals surface area (Å²) in [6, 6.07) is 11.8. The van der Waals surface area contributed by atoms with Crippen LogP contribution in [0.4, 0.5) is 18.9 Å². The summed E-state index contributed by atoms with van der Waals surface area (Å²) < 4.78 is 43.3. The van der Waals surface area contributed by atoms with Crippen LogP contribution in [-0.2, 0) is 17.4 Å². The Kier molecular flexibility index (Phi) is 5.26. The number of rotatable bonds is 5. The summed E-state index contributed by atoms with van der Waals surface area (Å²) in [5.74, 6) is 0.0735. The van der Waals surface area contributed by atoms with Gasteiger partial charge in [-0.3, -0.25) is 4.79 Å². The summed E-state index contributed by atoms with van der Waals surface area (Å²) in [6.45, 7) is 1.69. The lowest BCUT2D eigenvalue weighted by atomic mass is 10.1. The highest BCUT2D eigenvalue weighted by atomic mass is 19.4. The zero-order valence-electron chi connectivity index (χ0n) is 12.5. The number of amides is 1. The van der Waals surface area contributed by atoms with Crippen LogP contribution in [0.1, 0.15) is 18.1 Å². The van der Waals surface area contributed by atoms with Crippen molar-refractivity contribution in [2.24, 2.45) is 0 Å². The van der Waals surface area contributed by atoms with Crippen LogP contribution < -0.4 is 10.1 Å². The van der Waals surface area contributed by atoms with Crippen molar-refractivity contribution < 1.29 is 22.7 Å². The zero-order valence-corrected chi connectivity index (χ0v) is 12.5. The van der Waals surface area contributed by atoms with E-state index in [4.69, 9.17) is 4.74 Å². The predicted molar refractivity (Wildman–Crippen MR) is 81.4 cm³/mol. The van der Waals surface area contributed by atoms with Gasteiger partial charge < -0.3 is 10.1 Å². The first-order chi connectivity index (χ1) is 10.9. The first-order valence-corrected chi connectivity index (χ1v) is 7.08. The Hall–Kier alpha value is -2.50. The molecule has 0 saturated carbocycles. The monoisotopic (exact) mass is 323 g/mol. The van der Waals surface area contributed by atoms with Gasteiger partial charge in [0, 0.05) is 5.69 Å². The molecule has 0 heterocycles. The van der Waals surface area contributed by atoms with Gasteiger partial charge in [0.1, 0.15) is 5.75 Å². The first-order valence-electron chi connectivity index (χ1n) is 7.08. The number of benzene rings is 2. The maximum Gasteiger partial charge on any atom is 0.416 e. The fourth-order valence-electron chi connectivity index (χ4n) is 2.05. The van der Waals surface area contributed by atoms with E-state index in [1.807, 2.05) is 19.1 Å². The fourth-order valence-corrected chi connectivity index (χ4v) is 2.05. The Morgan fingerprint density at radius 2 is 1.87 bits per heavy atom. The van der Waals surface area contributed by atoms with Gasteiger partial charge in [-0.15, -0.1) is 0 Å². The second-order valence-electron chi connectivity index (χ2n) is 4.88. The molecule has 0 aromatic heterocycles. The van der Waals surface area contributed by atoms with Crippen molar-refractivity contribution >= 4 is 11.6 Å². The van der Waals surface area contributed by atoms with E-state index < -0.39 is 17.6 Å². The van der Waals surface area contributed by atoms with Crippen molar-refractivity contribution in [3.63, 3.8) is 0 Å². The lowest BCUT2D eigenvalue weighted by Gasteiger charge is -2.12. The molecule has 2 rings (SSSR count). The molecule has 0 unspecified atom stereocenters. The summed E-state index contributed by atoms with van der Waals surface area (Å²) in [4.78, 5) is 11.8. The second kappa shape index (κ2) is 7.17. The number of alkyl halides is 3. The number of anilines is 1. The average Bonchev–Trinajstić information content (AvgIpc) is 2.52. The number of aryl methyl sites for hydroxylation is 1. The Morgan fingerprint density at radius 3 is 2.57 bits per heavy atom. The summed E-state index contributed by atoms with van der Waals surface area (Å²) in [5.41, 5.74) is 0.226. The first kappa shape index (κ1) is 16.9. The van der Waals surface area contributed by atoms with Crippen LogP contribution in [0.3, 0.4) is 0 Å². The molecule has 122 valence electrons. The van der Waals surface area contributed by atoms with Crippen molar-refractivity contribution in [3.05, 3.63) is 59.7 Å². The molecule has 6 heteroatoms. The lowest BCUT2D eigenvalue weighted by Crippen LogP contribution is -2.20. The summed E-state index contributed by atoms with van der Waals surface area (Å²) in [5, 5.41) is 2.40. The topological polar surface area (TPSA) is 38.3 Å². The minimum atomic E-state index is -4.45. The van der Waals surface area contributed by atoms with Crippen molar-refractivity contribution in [3.8, 4) is 5.75 Å². The molecule has 0 fully saturated rings. The van der Waals surface area contributed by atoms with Gasteiger partial charge in [0.25, 0.3) is 5.91 Å². The van der Waals surface area contributed by atoms with E-state index in [9.17, 15) is 18.0 Å². The van der Waals surface area contributed by atoms with Crippen LogP contribution in [0.25, 0.3) is 0 Å². The molecule has 2 aromatic rings. The molecule has 0 radical (unpaired) electrons. The number of nitrogens with one attached hydrogen (secondary N) is 1. The van der Waals surface area contributed by atoms with Crippen molar-refractivity contribution in [2.45, 2.75) is 19.5 Å². The zero-order chi connectivity index (χ0) is 16.9. The molecule has 0 aliphatic carbocycles. The Labute approximate surface area is 132 Å². The lowest BCUT2D eigenvalue weighted by molar-refractivity contribution is -0.137. The third-order valence-corrected chi connectivity index (χ3v) is 3.19. The van der Waals surface area contributed by atoms with Gasteiger partial charge in [0.05, 0.1) is 5.56 Å². The highest BCUT2D eigenvalue weighted by molar-refractivity contribution is 5.91. The SMILES string of the molecule is CCc1ccccc1OCC(=O)Nc1cccc(C(F)(F)F)c1. The number of hydrogen-bond donors (Lipinski definition) is 1. The van der Waals surface area contributed by atoms with Crippen molar-refractivity contribution in [1.29, 1.82) is 0 Å². The van der Waals surface area contributed by atoms with Crippen LogP contribution >= 0.6 is 0 Å². The average molecular weight is 323 g/mol. The molecular weight excluding hydrogens is 307 g/mol. The Bertz CT molecular complexity index is 684. The summed E-state index contributed by atoms with van der Waals surface area (Å²) in [6.07, 6.45) is -3.69. The van der Waals surface area contributed by atoms with Gasteiger partial charge in [-0.25, -0.2) is 0 Å². The van der Waals surface area contributed by atoms with Gasteiger partial charge in [-0.2, -0.15) is 13.2 Å². The minimum Gasteiger partial charge on any atom is -0.483 e. The maximum atomic E-state index is 12.6. The largest absolute Gasteiger partial charge is 0.483 e. The van der Waals surface area contributed by atoms with E-state index in [1.54, 1.807) is 12.1 Å². The van der Waals surface area contributed by atoms with Crippen LogP contribution in [0.5, 0.6) is 5.75 Å². The number of carbonyl (C=O) groups is 1. The fraction of sp³-hybridized carbons (Fsp3) is 0.235. The van der Waals surface area contributed by atoms with Crippen molar-refractivity contribution in [1.82, 2.24) is 0 Å². The Balaban J connectivity index is 1.98. The molecule has 0 aliphatic rings. The molecule has 1 amide bonds. The molecule has 0 aliphatic heterocycles. The molecule has 23 heavy (non-hydrogen) atoms. The standard InChI is InChI=1S/C17H16F3NO2/c1-2-12-6-3-4-9-15(12)23-11-16(22)21-14-8-5-7-13(10-14)17(18,19)20/h3-10H,2,11H2,1H3,(H,21,22). The molecule has 1 N–H and O–H groups in total. The minimum absolute atomic E-state index is 0.0807. The number of halogens is 3. The summed E-state index contributed by atoms with van der Waals surface area (Å²) >= 11 is 0. The van der Waals surface area contributed by atoms with E-state index in [-0.39, 0.29) is 12.3 Å². The van der Waals surface area contributed by atoms with Gasteiger partial charge in [0.2, 0.25) is 0 Å². The molecule has 0 saturated heterocycles. The quantitative estimate of drug-likeness (QED) is 0.891. The van der Waals surface area contributed by atoms with E-state index >= 15 is 0 Å². The second-order valence-corrected chi connectivity index (χ2v) is 4.88. The normalized spacial score (nSPS) is 11.1. The van der Waals surface area contributed by atoms with Crippen LogP contribution in [0, 0.1) is 0 Å². The molecule has 0 spiro atoms. The molecule has 0 bridgehead atoms. The van der Waals surface area contributed by atoms with Crippen LogP contribution in [0.2, 0.25) is 0 Å².